The molecule has 0 unspecified atom stereocenters. The molecule has 0 spiro atoms. The summed E-state index contributed by atoms with van der Waals surface area (Å²) in [4.78, 5) is 17.2. The smallest absolute Gasteiger partial charge is 0.263 e. The Morgan fingerprint density at radius 1 is 1.46 bits per heavy atom. The summed E-state index contributed by atoms with van der Waals surface area (Å²) in [5, 5.41) is 3.84. The summed E-state index contributed by atoms with van der Waals surface area (Å²) in [5.74, 6) is 0.692. The minimum absolute atomic E-state index is 0.0545. The first-order chi connectivity index (χ1) is 11.6. The molecule has 1 N–H and O–H groups in total. The van der Waals surface area contributed by atoms with Crippen LogP contribution in [0.15, 0.2) is 30.5 Å². The van der Waals surface area contributed by atoms with Gasteiger partial charge in [0.1, 0.15) is 28.3 Å². The van der Waals surface area contributed by atoms with Crippen molar-refractivity contribution in [3.63, 3.8) is 0 Å². The molecule has 1 amide bonds. The summed E-state index contributed by atoms with van der Waals surface area (Å²) in [6.45, 7) is 5.16. The second-order valence-electron chi connectivity index (χ2n) is 6.06. The van der Waals surface area contributed by atoms with E-state index in [0.717, 1.165) is 30.2 Å². The van der Waals surface area contributed by atoms with E-state index in [9.17, 15) is 4.79 Å². The molecular weight excluding hydrogens is 324 g/mol. The zero-order valence-corrected chi connectivity index (χ0v) is 14.8. The second kappa shape index (κ2) is 7.77. The first kappa shape index (κ1) is 16.9. The third-order valence-electron chi connectivity index (χ3n) is 3.85. The predicted octanol–water partition coefficient (Wildman–Crippen LogP) is 3.50. The number of aromatic nitrogens is 1. The number of thiazole rings is 1. The molecule has 128 valence electrons. The van der Waals surface area contributed by atoms with Crippen LogP contribution in [0.2, 0.25) is 0 Å². The lowest BCUT2D eigenvalue weighted by Gasteiger charge is -2.14. The van der Waals surface area contributed by atoms with Crippen LogP contribution in [0, 0.1) is 6.92 Å². The van der Waals surface area contributed by atoms with E-state index in [-0.39, 0.29) is 18.1 Å². The average molecular weight is 346 g/mol. The number of nitrogens with zero attached hydrogens (tertiary/aromatic N) is 1. The van der Waals surface area contributed by atoms with Crippen LogP contribution in [0.3, 0.4) is 0 Å². The molecular formula is C18H22N2O3S. The number of carbonyl (C=O) groups is 1. The van der Waals surface area contributed by atoms with E-state index in [2.05, 4.69) is 10.3 Å². The Kier molecular flexibility index (Phi) is 5.48. The molecule has 24 heavy (non-hydrogen) atoms. The standard InChI is InChI=1S/C18H22N2O3S/c1-12-5-7-14(8-6-12)23-11-13(2)20-17(21)16-10-19-18(24-16)15-4-3-9-22-15/h5-8,10,13,15H,3-4,9,11H2,1-2H3,(H,20,21)/t13-,15+/m0/s1. The van der Waals surface area contributed by atoms with Gasteiger partial charge < -0.3 is 14.8 Å². The number of hydrogen-bond donors (Lipinski definition) is 1. The highest BCUT2D eigenvalue weighted by molar-refractivity contribution is 7.13. The zero-order chi connectivity index (χ0) is 16.9. The third kappa shape index (κ3) is 4.33. The molecule has 1 aromatic heterocycles. The van der Waals surface area contributed by atoms with Crippen LogP contribution >= 0.6 is 11.3 Å². The van der Waals surface area contributed by atoms with Crippen LogP contribution in [0.1, 0.15) is 46.1 Å². The highest BCUT2D eigenvalue weighted by Gasteiger charge is 2.22. The van der Waals surface area contributed by atoms with Crippen LogP contribution in [0.5, 0.6) is 5.75 Å². The Morgan fingerprint density at radius 2 is 2.25 bits per heavy atom. The molecule has 2 atom stereocenters. The normalized spacial score (nSPS) is 18.3. The molecule has 0 radical (unpaired) electrons. The van der Waals surface area contributed by atoms with Crippen molar-refractivity contribution in [1.82, 2.24) is 10.3 Å². The Morgan fingerprint density at radius 3 is 2.96 bits per heavy atom. The van der Waals surface area contributed by atoms with Crippen molar-refractivity contribution >= 4 is 17.2 Å². The molecule has 0 saturated carbocycles. The molecule has 2 aromatic rings. The molecule has 1 aromatic carbocycles. The first-order valence-corrected chi connectivity index (χ1v) is 9.01. The van der Waals surface area contributed by atoms with Crippen molar-refractivity contribution < 1.29 is 14.3 Å². The van der Waals surface area contributed by atoms with Crippen LogP contribution < -0.4 is 10.1 Å². The first-order valence-electron chi connectivity index (χ1n) is 8.19. The number of carbonyl (C=O) groups excluding carboxylic acids is 1. The Bertz CT molecular complexity index is 678. The molecule has 1 aliphatic heterocycles. The van der Waals surface area contributed by atoms with E-state index in [0.29, 0.717) is 11.5 Å². The number of aryl methyl sites for hydroxylation is 1. The SMILES string of the molecule is Cc1ccc(OC[C@H](C)NC(=O)c2cnc([C@H]3CCCO3)s2)cc1. The van der Waals surface area contributed by atoms with Crippen molar-refractivity contribution in [3.8, 4) is 5.75 Å². The van der Waals surface area contributed by atoms with E-state index in [1.54, 1.807) is 6.20 Å². The van der Waals surface area contributed by atoms with Gasteiger partial charge in [-0.1, -0.05) is 17.7 Å². The number of rotatable bonds is 6. The van der Waals surface area contributed by atoms with Crippen LogP contribution in [-0.4, -0.2) is 30.1 Å². The molecule has 0 aliphatic carbocycles. The summed E-state index contributed by atoms with van der Waals surface area (Å²) < 4.78 is 11.3. The predicted molar refractivity (Wildman–Crippen MR) is 93.6 cm³/mol. The van der Waals surface area contributed by atoms with E-state index in [1.165, 1.54) is 16.9 Å². The number of amides is 1. The Hall–Kier alpha value is -1.92. The quantitative estimate of drug-likeness (QED) is 0.870. The Labute approximate surface area is 146 Å². The minimum atomic E-state index is -0.114. The van der Waals surface area contributed by atoms with Crippen molar-refractivity contribution in [2.24, 2.45) is 0 Å². The molecule has 3 rings (SSSR count). The highest BCUT2D eigenvalue weighted by Crippen LogP contribution is 2.31. The van der Waals surface area contributed by atoms with E-state index >= 15 is 0 Å². The van der Waals surface area contributed by atoms with Gasteiger partial charge in [-0.15, -0.1) is 11.3 Å². The van der Waals surface area contributed by atoms with Crippen molar-refractivity contribution in [2.75, 3.05) is 13.2 Å². The molecule has 1 fully saturated rings. The number of ether oxygens (including phenoxy) is 2. The van der Waals surface area contributed by atoms with E-state index in [1.807, 2.05) is 38.1 Å². The average Bonchev–Trinajstić information content (AvgIpc) is 3.25. The van der Waals surface area contributed by atoms with Crippen LogP contribution in [-0.2, 0) is 4.74 Å². The minimum Gasteiger partial charge on any atom is -0.491 e. The van der Waals surface area contributed by atoms with Gasteiger partial charge in [0.15, 0.2) is 0 Å². The highest BCUT2D eigenvalue weighted by atomic mass is 32.1. The van der Waals surface area contributed by atoms with E-state index in [4.69, 9.17) is 9.47 Å². The fourth-order valence-electron chi connectivity index (χ4n) is 2.51. The van der Waals surface area contributed by atoms with Crippen molar-refractivity contribution in [1.29, 1.82) is 0 Å². The fraction of sp³-hybridized carbons (Fsp3) is 0.444. The maximum Gasteiger partial charge on any atom is 0.263 e. The molecule has 1 aliphatic rings. The van der Waals surface area contributed by atoms with Gasteiger partial charge in [-0.3, -0.25) is 4.79 Å². The molecule has 2 heterocycles. The third-order valence-corrected chi connectivity index (χ3v) is 4.94. The lowest BCUT2D eigenvalue weighted by Crippen LogP contribution is -2.36. The van der Waals surface area contributed by atoms with Gasteiger partial charge in [-0.05, 0) is 38.8 Å². The lowest BCUT2D eigenvalue weighted by atomic mass is 10.2. The monoisotopic (exact) mass is 346 g/mol. The summed E-state index contributed by atoms with van der Waals surface area (Å²) in [6, 6.07) is 7.78. The summed E-state index contributed by atoms with van der Waals surface area (Å²) >= 11 is 1.41. The van der Waals surface area contributed by atoms with E-state index < -0.39 is 0 Å². The van der Waals surface area contributed by atoms with Crippen molar-refractivity contribution in [3.05, 3.63) is 45.9 Å². The van der Waals surface area contributed by atoms with Gasteiger partial charge in [0.2, 0.25) is 0 Å². The van der Waals surface area contributed by atoms with Gasteiger partial charge in [-0.25, -0.2) is 4.98 Å². The summed E-state index contributed by atoms with van der Waals surface area (Å²) in [5.41, 5.74) is 1.19. The largest absolute Gasteiger partial charge is 0.491 e. The summed E-state index contributed by atoms with van der Waals surface area (Å²) in [6.07, 6.45) is 3.72. The number of hydrogen-bond acceptors (Lipinski definition) is 5. The van der Waals surface area contributed by atoms with Gasteiger partial charge in [-0.2, -0.15) is 0 Å². The van der Waals surface area contributed by atoms with Gasteiger partial charge in [0.25, 0.3) is 5.91 Å². The number of benzene rings is 1. The molecule has 0 bridgehead atoms. The lowest BCUT2D eigenvalue weighted by molar-refractivity contribution is 0.0930. The maximum atomic E-state index is 12.3. The van der Waals surface area contributed by atoms with Gasteiger partial charge in [0.05, 0.1) is 12.2 Å². The van der Waals surface area contributed by atoms with Crippen LogP contribution in [0.25, 0.3) is 0 Å². The number of nitrogens with one attached hydrogen (secondary N) is 1. The fourth-order valence-corrected chi connectivity index (χ4v) is 3.41. The molecule has 1 saturated heterocycles. The Balaban J connectivity index is 1.49. The topological polar surface area (TPSA) is 60.5 Å². The van der Waals surface area contributed by atoms with Gasteiger partial charge in [0, 0.05) is 6.61 Å². The molecule has 5 nitrogen and oxygen atoms in total. The van der Waals surface area contributed by atoms with Crippen LogP contribution in [0.4, 0.5) is 0 Å². The zero-order valence-electron chi connectivity index (χ0n) is 14.0. The second-order valence-corrected chi connectivity index (χ2v) is 7.13. The molecule has 6 heteroatoms. The maximum absolute atomic E-state index is 12.3. The van der Waals surface area contributed by atoms with Crippen molar-refractivity contribution in [2.45, 2.75) is 38.8 Å². The summed E-state index contributed by atoms with van der Waals surface area (Å²) in [7, 11) is 0. The van der Waals surface area contributed by atoms with Gasteiger partial charge >= 0.3 is 0 Å².